The van der Waals surface area contributed by atoms with Gasteiger partial charge in [-0.05, 0) is 12.8 Å². The molecule has 2 N–H and O–H groups in total. The Hall–Kier alpha value is -0.900. The Kier molecular flexibility index (Phi) is 4.59. The van der Waals surface area contributed by atoms with Crippen molar-refractivity contribution >= 4 is 17.2 Å². The van der Waals surface area contributed by atoms with Crippen molar-refractivity contribution in [3.8, 4) is 0 Å². The van der Waals surface area contributed by atoms with E-state index in [1.165, 1.54) is 0 Å². The average molecular weight is 211 g/mol. The smallest absolute Gasteiger partial charge is 0.117 e. The van der Waals surface area contributed by atoms with Gasteiger partial charge in [0.1, 0.15) is 11.0 Å². The van der Waals surface area contributed by atoms with Crippen molar-refractivity contribution in [2.24, 2.45) is 10.7 Å². The Bertz CT molecular complexity index is 280. The molecule has 0 aliphatic carbocycles. The van der Waals surface area contributed by atoms with Crippen molar-refractivity contribution in [3.05, 3.63) is 16.6 Å². The Labute approximate surface area is 89.1 Å². The third-order valence-electron chi connectivity index (χ3n) is 1.95. The lowest BCUT2D eigenvalue weighted by Gasteiger charge is -2.07. The van der Waals surface area contributed by atoms with Crippen molar-refractivity contribution in [2.75, 3.05) is 0 Å². The van der Waals surface area contributed by atoms with Gasteiger partial charge >= 0.3 is 0 Å². The summed E-state index contributed by atoms with van der Waals surface area (Å²) in [4.78, 5) is 8.73. The van der Waals surface area contributed by atoms with Gasteiger partial charge in [-0.15, -0.1) is 11.3 Å². The molecule has 0 amide bonds. The largest absolute Gasteiger partial charge is 0.387 e. The number of aliphatic imine (C=N–C) groups is 1. The van der Waals surface area contributed by atoms with Gasteiger partial charge in [-0.2, -0.15) is 0 Å². The predicted molar refractivity (Wildman–Crippen MR) is 61.7 cm³/mol. The summed E-state index contributed by atoms with van der Waals surface area (Å²) >= 11 is 1.64. The van der Waals surface area contributed by atoms with Gasteiger partial charge in [0.05, 0.1) is 5.84 Å². The van der Waals surface area contributed by atoms with Crippen molar-refractivity contribution in [1.82, 2.24) is 4.98 Å². The van der Waals surface area contributed by atoms with Gasteiger partial charge in [-0.1, -0.05) is 13.8 Å². The highest BCUT2D eigenvalue weighted by molar-refractivity contribution is 7.09. The van der Waals surface area contributed by atoms with Crippen molar-refractivity contribution in [2.45, 2.75) is 39.2 Å². The highest BCUT2D eigenvalue weighted by Gasteiger charge is 2.10. The summed E-state index contributed by atoms with van der Waals surface area (Å²) in [6.45, 7) is 4.21. The summed E-state index contributed by atoms with van der Waals surface area (Å²) in [5.41, 5.74) is 5.79. The topological polar surface area (TPSA) is 51.3 Å². The van der Waals surface area contributed by atoms with Crippen LogP contribution in [0.1, 0.15) is 44.2 Å². The van der Waals surface area contributed by atoms with Crippen molar-refractivity contribution in [3.63, 3.8) is 0 Å². The molecule has 1 rings (SSSR count). The molecule has 0 radical (unpaired) electrons. The highest BCUT2D eigenvalue weighted by Crippen LogP contribution is 2.22. The molecule has 1 unspecified atom stereocenters. The van der Waals surface area contributed by atoms with Crippen LogP contribution in [0.25, 0.3) is 0 Å². The van der Waals surface area contributed by atoms with Gasteiger partial charge in [-0.3, -0.25) is 4.99 Å². The van der Waals surface area contributed by atoms with Gasteiger partial charge in [0.25, 0.3) is 0 Å². The van der Waals surface area contributed by atoms with Crippen LogP contribution in [0.3, 0.4) is 0 Å². The fourth-order valence-electron chi connectivity index (χ4n) is 1.24. The molecule has 0 aliphatic rings. The Balaban J connectivity index is 2.68. The first-order valence-corrected chi connectivity index (χ1v) is 5.87. The molecule has 0 saturated heterocycles. The van der Waals surface area contributed by atoms with Gasteiger partial charge in [0.15, 0.2) is 0 Å². The standard InChI is InChI=1S/C10H17N3S/c1-3-5-9(11)13-8(4-2)10-12-6-7-14-10/h6-8H,3-5H2,1-2H3,(H2,11,13). The molecule has 1 aromatic heterocycles. The monoisotopic (exact) mass is 211 g/mol. The molecule has 0 saturated carbocycles. The minimum Gasteiger partial charge on any atom is -0.387 e. The number of hydrogen-bond donors (Lipinski definition) is 1. The van der Waals surface area contributed by atoms with Crippen molar-refractivity contribution < 1.29 is 0 Å². The average Bonchev–Trinajstić information content (AvgIpc) is 2.67. The van der Waals surface area contributed by atoms with E-state index < -0.39 is 0 Å². The minimum atomic E-state index is 0.154. The molecular weight excluding hydrogens is 194 g/mol. The third kappa shape index (κ3) is 3.10. The number of nitrogens with zero attached hydrogens (tertiary/aromatic N) is 2. The van der Waals surface area contributed by atoms with Crippen LogP contribution in [0.5, 0.6) is 0 Å². The molecule has 1 atom stereocenters. The van der Waals surface area contributed by atoms with Gasteiger partial charge in [0, 0.05) is 18.0 Å². The van der Waals surface area contributed by atoms with Crippen LogP contribution in [0.15, 0.2) is 16.6 Å². The van der Waals surface area contributed by atoms with Crippen LogP contribution in [0.4, 0.5) is 0 Å². The zero-order chi connectivity index (χ0) is 10.4. The van der Waals surface area contributed by atoms with E-state index in [1.807, 2.05) is 11.6 Å². The first-order chi connectivity index (χ1) is 6.77. The molecule has 0 fully saturated rings. The van der Waals surface area contributed by atoms with Crippen LogP contribution in [0, 0.1) is 0 Å². The minimum absolute atomic E-state index is 0.154. The predicted octanol–water partition coefficient (Wildman–Crippen LogP) is 2.75. The lowest BCUT2D eigenvalue weighted by atomic mass is 10.2. The first kappa shape index (κ1) is 11.2. The van der Waals surface area contributed by atoms with E-state index in [2.05, 4.69) is 23.8 Å². The summed E-state index contributed by atoms with van der Waals surface area (Å²) in [7, 11) is 0. The van der Waals surface area contributed by atoms with Crippen LogP contribution in [-0.4, -0.2) is 10.8 Å². The fraction of sp³-hybridized carbons (Fsp3) is 0.600. The van der Waals surface area contributed by atoms with Crippen LogP contribution in [0.2, 0.25) is 0 Å². The van der Waals surface area contributed by atoms with E-state index in [0.29, 0.717) is 0 Å². The second-order valence-corrected chi connectivity index (χ2v) is 4.09. The highest BCUT2D eigenvalue weighted by atomic mass is 32.1. The van der Waals surface area contributed by atoms with Crippen LogP contribution >= 0.6 is 11.3 Å². The van der Waals surface area contributed by atoms with Crippen LogP contribution in [-0.2, 0) is 0 Å². The van der Waals surface area contributed by atoms with Crippen molar-refractivity contribution in [1.29, 1.82) is 0 Å². The number of nitrogens with two attached hydrogens (primary N) is 1. The molecule has 14 heavy (non-hydrogen) atoms. The molecular formula is C10H17N3S. The maximum absolute atomic E-state index is 5.79. The Morgan fingerprint density at radius 1 is 1.64 bits per heavy atom. The molecule has 78 valence electrons. The lowest BCUT2D eigenvalue weighted by Crippen LogP contribution is -2.13. The number of thiazole rings is 1. The molecule has 0 spiro atoms. The number of hydrogen-bond acceptors (Lipinski definition) is 3. The maximum Gasteiger partial charge on any atom is 0.117 e. The molecule has 3 nitrogen and oxygen atoms in total. The summed E-state index contributed by atoms with van der Waals surface area (Å²) in [6, 6.07) is 0.154. The second-order valence-electron chi connectivity index (χ2n) is 3.16. The van der Waals surface area contributed by atoms with E-state index >= 15 is 0 Å². The van der Waals surface area contributed by atoms with E-state index in [9.17, 15) is 0 Å². The summed E-state index contributed by atoms with van der Waals surface area (Å²) in [5.74, 6) is 0.745. The zero-order valence-corrected chi connectivity index (χ0v) is 9.55. The Morgan fingerprint density at radius 3 is 2.93 bits per heavy atom. The number of rotatable bonds is 5. The van der Waals surface area contributed by atoms with E-state index in [0.717, 1.165) is 30.1 Å². The number of aromatic nitrogens is 1. The fourth-order valence-corrected chi connectivity index (χ4v) is 2.00. The molecule has 4 heteroatoms. The van der Waals surface area contributed by atoms with Gasteiger partial charge in [0.2, 0.25) is 0 Å². The molecule has 0 aliphatic heterocycles. The quantitative estimate of drug-likeness (QED) is 0.601. The first-order valence-electron chi connectivity index (χ1n) is 4.99. The molecule has 0 aromatic carbocycles. The summed E-state index contributed by atoms with van der Waals surface area (Å²) < 4.78 is 0. The van der Waals surface area contributed by atoms with Crippen LogP contribution < -0.4 is 5.73 Å². The van der Waals surface area contributed by atoms with Gasteiger partial charge in [-0.25, -0.2) is 4.98 Å². The summed E-state index contributed by atoms with van der Waals surface area (Å²) in [6.07, 6.45) is 4.69. The van der Waals surface area contributed by atoms with E-state index in [1.54, 1.807) is 11.3 Å². The third-order valence-corrected chi connectivity index (χ3v) is 2.83. The van der Waals surface area contributed by atoms with E-state index in [4.69, 9.17) is 5.73 Å². The Morgan fingerprint density at radius 2 is 2.43 bits per heavy atom. The zero-order valence-electron chi connectivity index (χ0n) is 8.73. The second kappa shape index (κ2) is 5.75. The molecule has 1 aromatic rings. The molecule has 0 bridgehead atoms. The molecule has 1 heterocycles. The van der Waals surface area contributed by atoms with E-state index in [-0.39, 0.29) is 6.04 Å². The maximum atomic E-state index is 5.79. The normalized spacial score (nSPS) is 14.3. The number of amidine groups is 1. The SMILES string of the molecule is CCCC(N)=NC(CC)c1nccs1. The lowest BCUT2D eigenvalue weighted by molar-refractivity contribution is 0.690. The van der Waals surface area contributed by atoms with Gasteiger partial charge < -0.3 is 5.73 Å². The summed E-state index contributed by atoms with van der Waals surface area (Å²) in [5, 5.41) is 3.04.